The molecular formula is C21H23N5O3. The number of amides is 1. The van der Waals surface area contributed by atoms with Crippen LogP contribution < -0.4 is 25.4 Å². The Labute approximate surface area is 169 Å². The van der Waals surface area contributed by atoms with E-state index in [2.05, 4.69) is 25.9 Å². The summed E-state index contributed by atoms with van der Waals surface area (Å²) < 4.78 is 10.7. The molecule has 0 saturated carbocycles. The normalized spacial score (nSPS) is 10.2. The van der Waals surface area contributed by atoms with E-state index in [4.69, 9.17) is 9.47 Å². The third-order valence-corrected chi connectivity index (χ3v) is 3.99. The van der Waals surface area contributed by atoms with E-state index in [0.29, 0.717) is 29.0 Å². The molecule has 0 atom stereocenters. The predicted molar refractivity (Wildman–Crippen MR) is 114 cm³/mol. The summed E-state index contributed by atoms with van der Waals surface area (Å²) in [7, 11) is 3.20. The van der Waals surface area contributed by atoms with Crippen LogP contribution in [0.3, 0.4) is 0 Å². The van der Waals surface area contributed by atoms with Crippen molar-refractivity contribution in [3.05, 3.63) is 54.2 Å². The van der Waals surface area contributed by atoms with Gasteiger partial charge in [-0.05, 0) is 43.3 Å². The first-order valence-corrected chi connectivity index (χ1v) is 8.96. The van der Waals surface area contributed by atoms with Crippen LogP contribution in [-0.2, 0) is 4.79 Å². The molecule has 1 aromatic heterocycles. The van der Waals surface area contributed by atoms with E-state index in [0.717, 1.165) is 17.1 Å². The number of methoxy groups -OCH3 is 2. The molecule has 0 unspecified atom stereocenters. The number of rotatable bonds is 7. The summed E-state index contributed by atoms with van der Waals surface area (Å²) in [4.78, 5) is 20.1. The Morgan fingerprint density at radius 1 is 0.897 bits per heavy atom. The Morgan fingerprint density at radius 3 is 2.28 bits per heavy atom. The lowest BCUT2D eigenvalue weighted by Crippen LogP contribution is -2.06. The average Bonchev–Trinajstić information content (AvgIpc) is 2.68. The van der Waals surface area contributed by atoms with Crippen LogP contribution >= 0.6 is 0 Å². The van der Waals surface area contributed by atoms with Gasteiger partial charge in [0, 0.05) is 36.1 Å². The molecule has 0 radical (unpaired) electrons. The highest BCUT2D eigenvalue weighted by Crippen LogP contribution is 2.31. The Bertz CT molecular complexity index is 1010. The first-order valence-electron chi connectivity index (χ1n) is 8.96. The van der Waals surface area contributed by atoms with Crippen LogP contribution in [0.4, 0.5) is 28.8 Å². The van der Waals surface area contributed by atoms with Gasteiger partial charge in [0.1, 0.15) is 17.3 Å². The minimum atomic E-state index is -0.110. The molecule has 0 bridgehead atoms. The van der Waals surface area contributed by atoms with Crippen molar-refractivity contribution in [1.82, 2.24) is 9.97 Å². The lowest BCUT2D eigenvalue weighted by Gasteiger charge is -2.13. The van der Waals surface area contributed by atoms with Crippen molar-refractivity contribution in [1.29, 1.82) is 0 Å². The summed E-state index contributed by atoms with van der Waals surface area (Å²) in [6.45, 7) is 3.36. The topological polar surface area (TPSA) is 97.4 Å². The first kappa shape index (κ1) is 19.9. The number of nitrogens with one attached hydrogen (secondary N) is 3. The molecule has 3 aromatic rings. The number of ether oxygens (including phenoxy) is 2. The molecular weight excluding hydrogens is 370 g/mol. The van der Waals surface area contributed by atoms with Gasteiger partial charge in [0.05, 0.1) is 19.9 Å². The SMILES string of the molecule is COc1ccc(OC)c(Nc2nc(C)cc(Nc3ccc(NC(C)=O)cc3)n2)c1. The molecule has 0 saturated heterocycles. The molecule has 0 spiro atoms. The lowest BCUT2D eigenvalue weighted by molar-refractivity contribution is -0.114. The maximum absolute atomic E-state index is 11.1. The van der Waals surface area contributed by atoms with Crippen LogP contribution in [-0.4, -0.2) is 30.1 Å². The maximum Gasteiger partial charge on any atom is 0.229 e. The van der Waals surface area contributed by atoms with Gasteiger partial charge in [-0.1, -0.05) is 0 Å². The molecule has 2 aromatic carbocycles. The van der Waals surface area contributed by atoms with Crippen molar-refractivity contribution in [3.63, 3.8) is 0 Å². The highest BCUT2D eigenvalue weighted by Gasteiger charge is 2.09. The van der Waals surface area contributed by atoms with Gasteiger partial charge in [0.2, 0.25) is 11.9 Å². The van der Waals surface area contributed by atoms with Gasteiger partial charge in [-0.3, -0.25) is 4.79 Å². The smallest absolute Gasteiger partial charge is 0.229 e. The number of nitrogens with zero attached hydrogens (tertiary/aromatic N) is 2. The second-order valence-electron chi connectivity index (χ2n) is 6.29. The van der Waals surface area contributed by atoms with Gasteiger partial charge in [0.15, 0.2) is 0 Å². The second kappa shape index (κ2) is 8.92. The fourth-order valence-corrected chi connectivity index (χ4v) is 2.71. The zero-order valence-corrected chi connectivity index (χ0v) is 16.7. The van der Waals surface area contributed by atoms with Crippen LogP contribution in [0.1, 0.15) is 12.6 Å². The minimum Gasteiger partial charge on any atom is -0.497 e. The molecule has 8 nitrogen and oxygen atoms in total. The molecule has 0 fully saturated rings. The van der Waals surface area contributed by atoms with Gasteiger partial charge < -0.3 is 25.4 Å². The first-order chi connectivity index (χ1) is 14.0. The standard InChI is InChI=1S/C21H23N5O3/c1-13-11-20(24-16-7-5-15(6-8-16)23-14(2)27)26-21(22-13)25-18-12-17(28-3)9-10-19(18)29-4/h5-12H,1-4H3,(H,23,27)(H2,22,24,25,26). The maximum atomic E-state index is 11.1. The van der Waals surface area contributed by atoms with Gasteiger partial charge in [-0.2, -0.15) is 4.98 Å². The number of anilines is 5. The van der Waals surface area contributed by atoms with Gasteiger partial charge in [-0.25, -0.2) is 4.98 Å². The number of carbonyl (C=O) groups excluding carboxylic acids is 1. The number of aromatic nitrogens is 2. The summed E-state index contributed by atoms with van der Waals surface area (Å²) in [5.41, 5.74) is 3.06. The largest absolute Gasteiger partial charge is 0.497 e. The fraction of sp³-hybridized carbons (Fsp3) is 0.190. The number of aryl methyl sites for hydroxylation is 1. The summed E-state index contributed by atoms with van der Waals surface area (Å²) in [5.74, 6) is 2.29. The van der Waals surface area contributed by atoms with Crippen molar-refractivity contribution in [3.8, 4) is 11.5 Å². The van der Waals surface area contributed by atoms with Crippen molar-refractivity contribution >= 4 is 34.7 Å². The Kier molecular flexibility index (Phi) is 6.13. The van der Waals surface area contributed by atoms with Gasteiger partial charge in [0.25, 0.3) is 0 Å². The number of hydrogen-bond acceptors (Lipinski definition) is 7. The molecule has 29 heavy (non-hydrogen) atoms. The predicted octanol–water partition coefficient (Wildman–Crippen LogP) is 4.25. The lowest BCUT2D eigenvalue weighted by atomic mass is 10.2. The van der Waals surface area contributed by atoms with E-state index in [1.165, 1.54) is 6.92 Å². The summed E-state index contributed by atoms with van der Waals surface area (Å²) in [6.07, 6.45) is 0. The van der Waals surface area contributed by atoms with E-state index >= 15 is 0 Å². The number of benzene rings is 2. The molecule has 0 aliphatic carbocycles. The van der Waals surface area contributed by atoms with E-state index in [1.807, 2.05) is 55.5 Å². The van der Waals surface area contributed by atoms with Crippen LogP contribution in [0.25, 0.3) is 0 Å². The van der Waals surface area contributed by atoms with E-state index in [9.17, 15) is 4.79 Å². The Balaban J connectivity index is 1.81. The summed E-state index contributed by atoms with van der Waals surface area (Å²) >= 11 is 0. The van der Waals surface area contributed by atoms with Crippen LogP contribution in [0, 0.1) is 6.92 Å². The molecule has 3 rings (SSSR count). The van der Waals surface area contributed by atoms with Crippen molar-refractivity contribution in [2.24, 2.45) is 0 Å². The van der Waals surface area contributed by atoms with Crippen LogP contribution in [0.2, 0.25) is 0 Å². The van der Waals surface area contributed by atoms with E-state index < -0.39 is 0 Å². The molecule has 1 amide bonds. The fourth-order valence-electron chi connectivity index (χ4n) is 2.71. The Morgan fingerprint density at radius 2 is 1.62 bits per heavy atom. The van der Waals surface area contributed by atoms with Crippen molar-refractivity contribution < 1.29 is 14.3 Å². The molecule has 150 valence electrons. The third-order valence-electron chi connectivity index (χ3n) is 3.99. The van der Waals surface area contributed by atoms with Crippen LogP contribution in [0.15, 0.2) is 48.5 Å². The molecule has 8 heteroatoms. The Hall–Kier alpha value is -3.81. The number of carbonyl (C=O) groups is 1. The highest BCUT2D eigenvalue weighted by molar-refractivity contribution is 5.88. The van der Waals surface area contributed by atoms with Crippen LogP contribution in [0.5, 0.6) is 11.5 Å². The van der Waals surface area contributed by atoms with Gasteiger partial charge in [-0.15, -0.1) is 0 Å². The molecule has 0 aliphatic heterocycles. The molecule has 0 aliphatic rings. The van der Waals surface area contributed by atoms with Crippen molar-refractivity contribution in [2.75, 3.05) is 30.2 Å². The molecule has 1 heterocycles. The summed E-state index contributed by atoms with van der Waals surface area (Å²) in [5, 5.41) is 9.16. The minimum absolute atomic E-state index is 0.110. The number of hydrogen-bond donors (Lipinski definition) is 3. The zero-order chi connectivity index (χ0) is 20.8. The van der Waals surface area contributed by atoms with Crippen molar-refractivity contribution in [2.45, 2.75) is 13.8 Å². The monoisotopic (exact) mass is 393 g/mol. The average molecular weight is 393 g/mol. The summed E-state index contributed by atoms with van der Waals surface area (Å²) in [6, 6.07) is 14.7. The zero-order valence-electron chi connectivity index (χ0n) is 16.7. The third kappa shape index (κ3) is 5.35. The van der Waals surface area contributed by atoms with E-state index in [1.54, 1.807) is 14.2 Å². The highest BCUT2D eigenvalue weighted by atomic mass is 16.5. The molecule has 3 N–H and O–H groups in total. The van der Waals surface area contributed by atoms with Gasteiger partial charge >= 0.3 is 0 Å². The second-order valence-corrected chi connectivity index (χ2v) is 6.29. The quantitative estimate of drug-likeness (QED) is 0.552. The van der Waals surface area contributed by atoms with E-state index in [-0.39, 0.29) is 5.91 Å².